The predicted octanol–water partition coefficient (Wildman–Crippen LogP) is 3.39. The highest BCUT2D eigenvalue weighted by molar-refractivity contribution is 6.31. The van der Waals surface area contributed by atoms with Gasteiger partial charge >= 0.3 is 0 Å². The van der Waals surface area contributed by atoms with E-state index in [0.29, 0.717) is 10.6 Å². The molecule has 0 spiro atoms. The molecule has 1 aromatic carbocycles. The quantitative estimate of drug-likeness (QED) is 0.752. The fourth-order valence-corrected chi connectivity index (χ4v) is 2.47. The Balaban J connectivity index is 2.24. The Morgan fingerprint density at radius 1 is 1.56 bits per heavy atom. The predicted molar refractivity (Wildman–Crippen MR) is 67.5 cm³/mol. The second kappa shape index (κ2) is 4.88. The van der Waals surface area contributed by atoms with Crippen LogP contribution in [0.5, 0.6) is 0 Å². The largest absolute Gasteiger partial charge is 0.371 e. The van der Waals surface area contributed by atoms with Gasteiger partial charge in [0.15, 0.2) is 6.29 Å². The van der Waals surface area contributed by atoms with E-state index in [1.807, 2.05) is 12.1 Å². The Hall–Kier alpha value is -1.02. The number of carbonyl (C=O) groups excluding carboxylic acids is 1. The molecule has 0 radical (unpaired) electrons. The van der Waals surface area contributed by atoms with E-state index in [0.717, 1.165) is 31.0 Å². The molecule has 16 heavy (non-hydrogen) atoms. The van der Waals surface area contributed by atoms with Gasteiger partial charge in [0.2, 0.25) is 0 Å². The van der Waals surface area contributed by atoms with E-state index >= 15 is 0 Å². The second-order valence-electron chi connectivity index (χ2n) is 4.33. The van der Waals surface area contributed by atoms with E-state index in [4.69, 9.17) is 11.6 Å². The minimum Gasteiger partial charge on any atom is -0.371 e. The topological polar surface area (TPSA) is 20.3 Å². The molecule has 1 saturated heterocycles. The minimum atomic E-state index is 0.622. The molecule has 1 unspecified atom stereocenters. The SMILES string of the molecule is CCC1CCN(c2ccc(Cl)cc2C=O)C1. The van der Waals surface area contributed by atoms with E-state index in [2.05, 4.69) is 11.8 Å². The fourth-order valence-electron chi connectivity index (χ4n) is 2.29. The zero-order chi connectivity index (χ0) is 11.5. The summed E-state index contributed by atoms with van der Waals surface area (Å²) < 4.78 is 0. The molecule has 1 aromatic rings. The molecule has 2 nitrogen and oxygen atoms in total. The Morgan fingerprint density at radius 2 is 2.38 bits per heavy atom. The average molecular weight is 238 g/mol. The average Bonchev–Trinajstić information content (AvgIpc) is 2.77. The summed E-state index contributed by atoms with van der Waals surface area (Å²) in [4.78, 5) is 13.3. The molecule has 0 aliphatic carbocycles. The van der Waals surface area contributed by atoms with Gasteiger partial charge in [-0.2, -0.15) is 0 Å². The first kappa shape index (κ1) is 11.5. The summed E-state index contributed by atoms with van der Waals surface area (Å²) in [6, 6.07) is 5.54. The maximum absolute atomic E-state index is 11.0. The molecule has 0 amide bonds. The van der Waals surface area contributed by atoms with Crippen LogP contribution in [0.25, 0.3) is 0 Å². The minimum absolute atomic E-state index is 0.622. The Kier molecular flexibility index (Phi) is 3.49. The molecule has 0 bridgehead atoms. The summed E-state index contributed by atoms with van der Waals surface area (Å²) in [6.45, 7) is 4.32. The first-order chi connectivity index (χ1) is 7.74. The lowest BCUT2D eigenvalue weighted by molar-refractivity contribution is 0.112. The van der Waals surface area contributed by atoms with Gasteiger partial charge in [-0.1, -0.05) is 24.9 Å². The van der Waals surface area contributed by atoms with Crippen LogP contribution in [0.2, 0.25) is 5.02 Å². The Morgan fingerprint density at radius 3 is 3.00 bits per heavy atom. The van der Waals surface area contributed by atoms with Crippen molar-refractivity contribution in [1.29, 1.82) is 0 Å². The number of benzene rings is 1. The molecule has 3 heteroatoms. The number of anilines is 1. The van der Waals surface area contributed by atoms with Crippen LogP contribution in [-0.4, -0.2) is 19.4 Å². The van der Waals surface area contributed by atoms with Gasteiger partial charge in [-0.15, -0.1) is 0 Å². The number of hydrogen-bond acceptors (Lipinski definition) is 2. The van der Waals surface area contributed by atoms with Gasteiger partial charge in [0, 0.05) is 29.4 Å². The summed E-state index contributed by atoms with van der Waals surface area (Å²) in [5.74, 6) is 0.759. The third-order valence-electron chi connectivity index (χ3n) is 3.32. The molecule has 0 saturated carbocycles. The summed E-state index contributed by atoms with van der Waals surface area (Å²) in [7, 11) is 0. The van der Waals surface area contributed by atoms with Crippen molar-refractivity contribution in [2.24, 2.45) is 5.92 Å². The normalized spacial score (nSPS) is 20.1. The molecule has 1 atom stereocenters. The maximum atomic E-state index is 11.0. The van der Waals surface area contributed by atoms with Gasteiger partial charge in [0.1, 0.15) is 0 Å². The Labute approximate surface area is 101 Å². The van der Waals surface area contributed by atoms with Crippen LogP contribution in [0.3, 0.4) is 0 Å². The summed E-state index contributed by atoms with van der Waals surface area (Å²) in [5, 5.41) is 0.622. The molecule has 2 rings (SSSR count). The van der Waals surface area contributed by atoms with Gasteiger partial charge in [0.25, 0.3) is 0 Å². The van der Waals surface area contributed by atoms with E-state index < -0.39 is 0 Å². The van der Waals surface area contributed by atoms with Crippen LogP contribution in [-0.2, 0) is 0 Å². The lowest BCUT2D eigenvalue weighted by atomic mass is 10.1. The highest BCUT2D eigenvalue weighted by atomic mass is 35.5. The molecule has 86 valence electrons. The van der Waals surface area contributed by atoms with Crippen molar-refractivity contribution in [3.63, 3.8) is 0 Å². The van der Waals surface area contributed by atoms with Crippen LogP contribution in [0, 0.1) is 5.92 Å². The maximum Gasteiger partial charge on any atom is 0.152 e. The summed E-state index contributed by atoms with van der Waals surface area (Å²) in [6.07, 6.45) is 3.32. The highest BCUT2D eigenvalue weighted by Gasteiger charge is 2.22. The van der Waals surface area contributed by atoms with Gasteiger partial charge in [0.05, 0.1) is 0 Å². The number of halogens is 1. The first-order valence-electron chi connectivity index (χ1n) is 5.74. The van der Waals surface area contributed by atoms with Crippen molar-refractivity contribution >= 4 is 23.6 Å². The number of rotatable bonds is 3. The number of hydrogen-bond donors (Lipinski definition) is 0. The summed E-state index contributed by atoms with van der Waals surface area (Å²) >= 11 is 5.88. The van der Waals surface area contributed by atoms with Gasteiger partial charge in [-0.25, -0.2) is 0 Å². The lowest BCUT2D eigenvalue weighted by Gasteiger charge is -2.20. The highest BCUT2D eigenvalue weighted by Crippen LogP contribution is 2.29. The standard InChI is InChI=1S/C13H16ClNO/c1-2-10-5-6-15(8-10)13-4-3-12(14)7-11(13)9-16/h3-4,7,9-10H,2,5-6,8H2,1H3. The lowest BCUT2D eigenvalue weighted by Crippen LogP contribution is -2.20. The van der Waals surface area contributed by atoms with Gasteiger partial charge in [-0.05, 0) is 30.5 Å². The number of carbonyl (C=O) groups is 1. The summed E-state index contributed by atoms with van der Waals surface area (Å²) in [5.41, 5.74) is 1.72. The fraction of sp³-hybridized carbons (Fsp3) is 0.462. The third-order valence-corrected chi connectivity index (χ3v) is 3.56. The van der Waals surface area contributed by atoms with E-state index in [-0.39, 0.29) is 0 Å². The van der Waals surface area contributed by atoms with Crippen molar-refractivity contribution in [2.45, 2.75) is 19.8 Å². The van der Waals surface area contributed by atoms with Crippen LogP contribution < -0.4 is 4.90 Å². The smallest absolute Gasteiger partial charge is 0.152 e. The number of nitrogens with zero attached hydrogens (tertiary/aromatic N) is 1. The molecular weight excluding hydrogens is 222 g/mol. The zero-order valence-corrected chi connectivity index (χ0v) is 10.2. The molecule has 0 N–H and O–H groups in total. The first-order valence-corrected chi connectivity index (χ1v) is 6.12. The van der Waals surface area contributed by atoms with Crippen molar-refractivity contribution in [3.8, 4) is 0 Å². The van der Waals surface area contributed by atoms with E-state index in [9.17, 15) is 4.79 Å². The van der Waals surface area contributed by atoms with Crippen molar-refractivity contribution in [3.05, 3.63) is 28.8 Å². The van der Waals surface area contributed by atoms with Crippen LogP contribution in [0.15, 0.2) is 18.2 Å². The van der Waals surface area contributed by atoms with Crippen molar-refractivity contribution in [1.82, 2.24) is 0 Å². The van der Waals surface area contributed by atoms with E-state index in [1.165, 1.54) is 12.8 Å². The number of aldehydes is 1. The zero-order valence-electron chi connectivity index (χ0n) is 9.45. The molecule has 1 aliphatic heterocycles. The molecular formula is C13H16ClNO. The Bertz CT molecular complexity index is 392. The monoisotopic (exact) mass is 237 g/mol. The van der Waals surface area contributed by atoms with Gasteiger partial charge in [-0.3, -0.25) is 4.79 Å². The van der Waals surface area contributed by atoms with Crippen LogP contribution >= 0.6 is 11.6 Å². The van der Waals surface area contributed by atoms with E-state index in [1.54, 1.807) is 6.07 Å². The molecule has 1 fully saturated rings. The third kappa shape index (κ3) is 2.22. The second-order valence-corrected chi connectivity index (χ2v) is 4.77. The van der Waals surface area contributed by atoms with Gasteiger partial charge < -0.3 is 4.90 Å². The van der Waals surface area contributed by atoms with Crippen LogP contribution in [0.4, 0.5) is 5.69 Å². The van der Waals surface area contributed by atoms with Crippen molar-refractivity contribution < 1.29 is 4.79 Å². The van der Waals surface area contributed by atoms with Crippen LogP contribution in [0.1, 0.15) is 30.1 Å². The molecule has 0 aromatic heterocycles. The molecule has 1 heterocycles. The molecule has 1 aliphatic rings. The van der Waals surface area contributed by atoms with Crippen molar-refractivity contribution in [2.75, 3.05) is 18.0 Å².